The summed E-state index contributed by atoms with van der Waals surface area (Å²) >= 11 is 0. The van der Waals surface area contributed by atoms with E-state index in [9.17, 15) is 22.8 Å². The van der Waals surface area contributed by atoms with E-state index < -0.39 is 17.0 Å². The maximum absolute atomic E-state index is 13.4. The zero-order valence-electron chi connectivity index (χ0n) is 24.1. The second kappa shape index (κ2) is 10.2. The number of carbonyl (C=O) groups excluding carboxylic acids is 2. The van der Waals surface area contributed by atoms with Crippen molar-refractivity contribution in [3.8, 4) is 11.8 Å². The quantitative estimate of drug-likeness (QED) is 0.378. The molecule has 2 saturated carbocycles. The van der Waals surface area contributed by atoms with Crippen LogP contribution >= 0.6 is 0 Å². The van der Waals surface area contributed by atoms with Crippen molar-refractivity contribution in [2.45, 2.75) is 71.4 Å². The molecule has 5 aliphatic rings. The van der Waals surface area contributed by atoms with Crippen LogP contribution in [-0.2, 0) is 14.3 Å². The van der Waals surface area contributed by atoms with Crippen LogP contribution in [0.5, 0.6) is 0 Å². The molecule has 0 spiro atoms. The molecule has 0 amide bonds. The third kappa shape index (κ3) is 4.67. The summed E-state index contributed by atoms with van der Waals surface area (Å²) in [5, 5.41) is 0. The zero-order chi connectivity index (χ0) is 29.2. The largest absolute Gasteiger partial charge is 0.457 e. The molecule has 3 fully saturated rings. The van der Waals surface area contributed by atoms with E-state index in [1.165, 1.54) is 24.0 Å². The zero-order valence-corrected chi connectivity index (χ0v) is 24.1. The van der Waals surface area contributed by atoms with Crippen LogP contribution in [-0.4, -0.2) is 44.0 Å². The topological polar surface area (TPSA) is 46.6 Å². The molecule has 1 aliphatic heterocycles. The number of fused-ring (bicyclic) bond motifs is 4. The smallest absolute Gasteiger partial charge is 0.378 e. The lowest BCUT2D eigenvalue weighted by atomic mass is 9.47. The highest BCUT2D eigenvalue weighted by Crippen LogP contribution is 2.70. The number of Topliss-reactive ketones (excluding diaryl/α,β-unsaturated/α-hetero) is 1. The number of ketones is 2. The summed E-state index contributed by atoms with van der Waals surface area (Å²) in [6.07, 6.45) is 0.803. The van der Waals surface area contributed by atoms with Crippen LogP contribution in [0.2, 0.25) is 0 Å². The molecule has 6 rings (SSSR count). The predicted molar refractivity (Wildman–Crippen MR) is 151 cm³/mol. The molecule has 1 saturated heterocycles. The van der Waals surface area contributed by atoms with E-state index in [0.717, 1.165) is 36.3 Å². The summed E-state index contributed by atoms with van der Waals surface area (Å²) in [5.41, 5.74) is 3.97. The fourth-order valence-corrected chi connectivity index (χ4v) is 9.07. The first kappa shape index (κ1) is 28.3. The van der Waals surface area contributed by atoms with Crippen molar-refractivity contribution in [3.05, 3.63) is 52.6 Å². The number of carbonyl (C=O) groups is 2. The molecule has 0 radical (unpaired) electrons. The molecular formula is C34H38F3NO3. The Morgan fingerprint density at radius 2 is 1.83 bits per heavy atom. The SMILES string of the molecule is CC(=O)[C@@]1(C#CC(F)(F)F)CC[C@H]2[C@@H]3CC(C)C4=CC(=O)CCC4=C3C(c3ccc(N4CCOCC4)cc3)C[C@@]21C. The second-order valence-corrected chi connectivity index (χ2v) is 13.0. The Kier molecular flexibility index (Phi) is 7.00. The van der Waals surface area contributed by atoms with Gasteiger partial charge in [-0.05, 0) is 97.1 Å². The van der Waals surface area contributed by atoms with Gasteiger partial charge in [0.15, 0.2) is 5.78 Å². The van der Waals surface area contributed by atoms with E-state index in [1.807, 2.05) is 13.0 Å². The molecule has 2 unspecified atom stereocenters. The van der Waals surface area contributed by atoms with Gasteiger partial charge in [-0.25, -0.2) is 0 Å². The summed E-state index contributed by atoms with van der Waals surface area (Å²) in [7, 11) is 0. The maximum Gasteiger partial charge on any atom is 0.457 e. The molecule has 7 heteroatoms. The molecule has 41 heavy (non-hydrogen) atoms. The summed E-state index contributed by atoms with van der Waals surface area (Å²) in [5.74, 6) is 4.32. The molecule has 1 aromatic rings. The van der Waals surface area contributed by atoms with Gasteiger partial charge in [-0.3, -0.25) is 9.59 Å². The first-order chi connectivity index (χ1) is 19.4. The van der Waals surface area contributed by atoms with Gasteiger partial charge in [0.1, 0.15) is 5.78 Å². The van der Waals surface area contributed by atoms with Gasteiger partial charge in [0.05, 0.1) is 18.6 Å². The molecular weight excluding hydrogens is 527 g/mol. The maximum atomic E-state index is 13.4. The second-order valence-electron chi connectivity index (χ2n) is 13.0. The van der Waals surface area contributed by atoms with Crippen molar-refractivity contribution in [1.82, 2.24) is 0 Å². The van der Waals surface area contributed by atoms with E-state index in [4.69, 9.17) is 4.74 Å². The lowest BCUT2D eigenvalue weighted by Gasteiger charge is -2.55. The molecule has 0 aromatic heterocycles. The highest BCUT2D eigenvalue weighted by Gasteiger charge is 2.65. The standard InChI is InChI=1S/C34H38F3NO3/c1-21-18-28-30-10-11-33(22(2)39,12-13-34(35,36)37)32(30,3)20-29(31(28)26-9-8-25(40)19-27(21)26)23-4-6-24(7-5-23)38-14-16-41-17-15-38/h4-7,19,21,28-30H,8-11,14-18,20H2,1-3H3/t21?,28-,29?,30-,32-,33-/m0/s1. The Morgan fingerprint density at radius 1 is 1.12 bits per heavy atom. The van der Waals surface area contributed by atoms with Crippen molar-refractivity contribution < 1.29 is 27.5 Å². The van der Waals surface area contributed by atoms with Gasteiger partial charge >= 0.3 is 6.18 Å². The molecule has 0 bridgehead atoms. The van der Waals surface area contributed by atoms with Crippen LogP contribution in [0.1, 0.15) is 70.8 Å². The number of morpholine rings is 1. The monoisotopic (exact) mass is 565 g/mol. The van der Waals surface area contributed by atoms with Gasteiger partial charge in [-0.2, -0.15) is 13.2 Å². The van der Waals surface area contributed by atoms with E-state index in [0.29, 0.717) is 45.3 Å². The van der Waals surface area contributed by atoms with Crippen LogP contribution < -0.4 is 4.90 Å². The fourth-order valence-electron chi connectivity index (χ4n) is 9.07. The number of hydrogen-bond donors (Lipinski definition) is 0. The number of benzene rings is 1. The van der Waals surface area contributed by atoms with Gasteiger partial charge in [-0.1, -0.05) is 37.5 Å². The van der Waals surface area contributed by atoms with Crippen molar-refractivity contribution >= 4 is 17.3 Å². The summed E-state index contributed by atoms with van der Waals surface area (Å²) < 4.78 is 45.8. The number of nitrogens with zero attached hydrogens (tertiary/aromatic N) is 1. The molecule has 0 N–H and O–H groups in total. The third-order valence-electron chi connectivity index (χ3n) is 11.0. The van der Waals surface area contributed by atoms with Crippen molar-refractivity contribution in [2.24, 2.45) is 28.6 Å². The summed E-state index contributed by atoms with van der Waals surface area (Å²) in [6, 6.07) is 8.59. The van der Waals surface area contributed by atoms with Crippen molar-refractivity contribution in [1.29, 1.82) is 0 Å². The number of allylic oxidation sites excluding steroid dienone is 4. The number of alkyl halides is 3. The lowest BCUT2D eigenvalue weighted by Crippen LogP contribution is -2.50. The molecule has 1 aromatic carbocycles. The van der Waals surface area contributed by atoms with Crippen LogP contribution in [0.15, 0.2) is 47.1 Å². The summed E-state index contributed by atoms with van der Waals surface area (Å²) in [4.78, 5) is 28.1. The first-order valence-electron chi connectivity index (χ1n) is 15.0. The Hall–Kier alpha value is -2.85. The van der Waals surface area contributed by atoms with Gasteiger partial charge in [0.25, 0.3) is 0 Å². The Balaban J connectivity index is 1.49. The molecule has 218 valence electrons. The highest BCUT2D eigenvalue weighted by atomic mass is 19.4. The minimum absolute atomic E-state index is 0.0522. The van der Waals surface area contributed by atoms with Crippen LogP contribution in [0.4, 0.5) is 18.9 Å². The molecule has 1 heterocycles. The number of anilines is 1. The number of rotatable bonds is 3. The fraction of sp³-hybridized carbons (Fsp3) is 0.588. The van der Waals surface area contributed by atoms with E-state index in [2.05, 4.69) is 42.0 Å². The third-order valence-corrected chi connectivity index (χ3v) is 11.0. The minimum atomic E-state index is -4.65. The minimum Gasteiger partial charge on any atom is -0.378 e. The van der Waals surface area contributed by atoms with Crippen LogP contribution in [0.3, 0.4) is 0 Å². The van der Waals surface area contributed by atoms with Crippen molar-refractivity contribution in [3.63, 3.8) is 0 Å². The molecule has 4 nitrogen and oxygen atoms in total. The van der Waals surface area contributed by atoms with E-state index in [-0.39, 0.29) is 35.2 Å². The van der Waals surface area contributed by atoms with Gasteiger partial charge in [0, 0.05) is 37.0 Å². The van der Waals surface area contributed by atoms with Gasteiger partial charge in [-0.15, -0.1) is 0 Å². The van der Waals surface area contributed by atoms with Gasteiger partial charge < -0.3 is 9.64 Å². The Bertz CT molecular complexity index is 1370. The molecule has 4 aliphatic carbocycles. The van der Waals surface area contributed by atoms with Crippen molar-refractivity contribution in [2.75, 3.05) is 31.2 Å². The van der Waals surface area contributed by atoms with Crippen LogP contribution in [0, 0.1) is 40.4 Å². The van der Waals surface area contributed by atoms with E-state index in [1.54, 1.807) is 0 Å². The average Bonchev–Trinajstić information content (AvgIpc) is 3.25. The number of hydrogen-bond acceptors (Lipinski definition) is 4. The molecule has 6 atom stereocenters. The normalized spacial score (nSPS) is 35.1. The number of ether oxygens (including phenoxy) is 1. The highest BCUT2D eigenvalue weighted by molar-refractivity contribution is 5.93. The predicted octanol–water partition coefficient (Wildman–Crippen LogP) is 6.81. The Morgan fingerprint density at radius 3 is 2.49 bits per heavy atom. The average molecular weight is 566 g/mol. The van der Waals surface area contributed by atoms with E-state index >= 15 is 0 Å². The number of halogens is 3. The van der Waals surface area contributed by atoms with Crippen LogP contribution in [0.25, 0.3) is 0 Å². The summed E-state index contributed by atoms with van der Waals surface area (Å²) in [6.45, 7) is 8.68. The lowest BCUT2D eigenvalue weighted by molar-refractivity contribution is -0.130. The van der Waals surface area contributed by atoms with Gasteiger partial charge in [0.2, 0.25) is 0 Å². The first-order valence-corrected chi connectivity index (χ1v) is 15.0. The Labute approximate surface area is 240 Å².